The molecule has 0 aliphatic carbocycles. The average Bonchev–Trinajstić information content (AvgIpc) is 2.83. The van der Waals surface area contributed by atoms with Crippen LogP contribution < -0.4 is 10.6 Å². The number of carbonyl (C=O) groups excluding carboxylic acids is 1. The summed E-state index contributed by atoms with van der Waals surface area (Å²) in [6, 6.07) is 0.616. The molecule has 2 atom stereocenters. The molecule has 1 amide bonds. The summed E-state index contributed by atoms with van der Waals surface area (Å²) < 4.78 is 5.81. The highest BCUT2D eigenvalue weighted by Gasteiger charge is 2.33. The van der Waals surface area contributed by atoms with E-state index in [2.05, 4.69) is 15.5 Å². The van der Waals surface area contributed by atoms with Crippen LogP contribution in [0.2, 0.25) is 0 Å². The molecular weight excluding hydrogens is 230 g/mol. The quantitative estimate of drug-likeness (QED) is 0.740. The molecule has 0 aromatic heterocycles. The van der Waals surface area contributed by atoms with Crippen molar-refractivity contribution < 1.29 is 9.53 Å². The van der Waals surface area contributed by atoms with Gasteiger partial charge in [0, 0.05) is 19.1 Å². The summed E-state index contributed by atoms with van der Waals surface area (Å²) in [5.74, 6) is 0.0251. The van der Waals surface area contributed by atoms with Gasteiger partial charge in [0.25, 0.3) is 0 Å². The van der Waals surface area contributed by atoms with Crippen molar-refractivity contribution in [3.63, 3.8) is 0 Å². The smallest absolute Gasteiger partial charge is 0.239 e. The largest absolute Gasteiger partial charge is 0.373 e. The van der Waals surface area contributed by atoms with Gasteiger partial charge in [-0.05, 0) is 40.3 Å². The van der Waals surface area contributed by atoms with Crippen molar-refractivity contribution in [2.24, 2.45) is 0 Å². The van der Waals surface area contributed by atoms with E-state index >= 15 is 0 Å². The van der Waals surface area contributed by atoms with E-state index < -0.39 is 5.54 Å². The van der Waals surface area contributed by atoms with Gasteiger partial charge in [0.05, 0.1) is 18.2 Å². The van der Waals surface area contributed by atoms with Gasteiger partial charge in [-0.15, -0.1) is 0 Å². The Balaban J connectivity index is 1.76. The number of likely N-dealkylation sites (N-methyl/N-ethyl adjacent to an activating group) is 1. The van der Waals surface area contributed by atoms with E-state index in [4.69, 9.17) is 4.74 Å². The molecule has 2 heterocycles. The molecule has 2 fully saturated rings. The number of morpholine rings is 1. The molecule has 18 heavy (non-hydrogen) atoms. The van der Waals surface area contributed by atoms with Gasteiger partial charge >= 0.3 is 0 Å². The molecule has 0 bridgehead atoms. The lowest BCUT2D eigenvalue weighted by Gasteiger charge is -2.35. The van der Waals surface area contributed by atoms with Crippen LogP contribution in [0.1, 0.15) is 26.7 Å². The SMILES string of the molecule is CNC(C)(C)C(=O)NCC1CN2CCCC2CO1. The lowest BCUT2D eigenvalue weighted by atomic mass is 10.1. The van der Waals surface area contributed by atoms with Crippen molar-refractivity contribution in [1.82, 2.24) is 15.5 Å². The number of nitrogens with one attached hydrogen (secondary N) is 2. The van der Waals surface area contributed by atoms with Crippen LogP contribution in [-0.4, -0.2) is 61.8 Å². The van der Waals surface area contributed by atoms with Crippen molar-refractivity contribution in [3.05, 3.63) is 0 Å². The minimum Gasteiger partial charge on any atom is -0.373 e. The Kier molecular flexibility index (Phi) is 4.25. The van der Waals surface area contributed by atoms with E-state index in [-0.39, 0.29) is 12.0 Å². The molecule has 2 unspecified atom stereocenters. The maximum absolute atomic E-state index is 11.9. The maximum atomic E-state index is 11.9. The molecule has 2 N–H and O–H groups in total. The number of rotatable bonds is 4. The van der Waals surface area contributed by atoms with Gasteiger partial charge < -0.3 is 15.4 Å². The third-order valence-corrected chi connectivity index (χ3v) is 4.14. The highest BCUT2D eigenvalue weighted by molar-refractivity contribution is 5.85. The molecule has 2 aliphatic heterocycles. The van der Waals surface area contributed by atoms with E-state index in [1.165, 1.54) is 19.4 Å². The fourth-order valence-electron chi connectivity index (χ4n) is 2.55. The number of hydrogen-bond acceptors (Lipinski definition) is 4. The first-order valence-corrected chi connectivity index (χ1v) is 6.86. The Morgan fingerprint density at radius 1 is 1.50 bits per heavy atom. The summed E-state index contributed by atoms with van der Waals surface area (Å²) >= 11 is 0. The Morgan fingerprint density at radius 2 is 2.28 bits per heavy atom. The number of nitrogens with zero attached hydrogens (tertiary/aromatic N) is 1. The van der Waals surface area contributed by atoms with Crippen molar-refractivity contribution in [2.45, 2.75) is 44.4 Å². The van der Waals surface area contributed by atoms with Crippen LogP contribution >= 0.6 is 0 Å². The first-order valence-electron chi connectivity index (χ1n) is 6.86. The highest BCUT2D eigenvalue weighted by Crippen LogP contribution is 2.22. The van der Waals surface area contributed by atoms with E-state index in [1.54, 1.807) is 7.05 Å². The van der Waals surface area contributed by atoms with Gasteiger partial charge in [0.15, 0.2) is 0 Å². The zero-order chi connectivity index (χ0) is 13.2. The highest BCUT2D eigenvalue weighted by atomic mass is 16.5. The van der Waals surface area contributed by atoms with Gasteiger partial charge in [0.2, 0.25) is 5.91 Å². The fourth-order valence-corrected chi connectivity index (χ4v) is 2.55. The first-order chi connectivity index (χ1) is 8.53. The van der Waals surface area contributed by atoms with E-state index in [0.717, 1.165) is 13.2 Å². The number of amides is 1. The van der Waals surface area contributed by atoms with Crippen LogP contribution in [0.3, 0.4) is 0 Å². The Bertz CT molecular complexity index is 307. The van der Waals surface area contributed by atoms with Gasteiger partial charge in [-0.1, -0.05) is 0 Å². The van der Waals surface area contributed by atoms with Crippen LogP contribution in [0.25, 0.3) is 0 Å². The summed E-state index contributed by atoms with van der Waals surface area (Å²) in [6.45, 7) is 7.30. The van der Waals surface area contributed by atoms with Crippen LogP contribution in [0, 0.1) is 0 Å². The van der Waals surface area contributed by atoms with Crippen LogP contribution in [0.5, 0.6) is 0 Å². The molecule has 0 saturated carbocycles. The Morgan fingerprint density at radius 3 is 3.00 bits per heavy atom. The Labute approximate surface area is 109 Å². The minimum atomic E-state index is -0.523. The second-order valence-electron chi connectivity index (χ2n) is 5.83. The molecule has 2 aliphatic rings. The monoisotopic (exact) mass is 255 g/mol. The fraction of sp³-hybridized carbons (Fsp3) is 0.923. The Hall–Kier alpha value is -0.650. The molecule has 0 spiro atoms. The molecule has 5 heteroatoms. The normalized spacial score (nSPS) is 29.1. The number of hydrogen-bond donors (Lipinski definition) is 2. The predicted molar refractivity (Wildman–Crippen MR) is 70.5 cm³/mol. The molecule has 2 rings (SSSR count). The third kappa shape index (κ3) is 3.02. The molecule has 2 saturated heterocycles. The molecule has 0 aromatic rings. The molecule has 0 aromatic carbocycles. The van der Waals surface area contributed by atoms with Crippen LogP contribution in [-0.2, 0) is 9.53 Å². The first kappa shape index (κ1) is 13.8. The van der Waals surface area contributed by atoms with Crippen molar-refractivity contribution in [2.75, 3.05) is 33.3 Å². The second kappa shape index (κ2) is 5.55. The van der Waals surface area contributed by atoms with E-state index in [1.807, 2.05) is 13.8 Å². The summed E-state index contributed by atoms with van der Waals surface area (Å²) in [6.07, 6.45) is 2.67. The van der Waals surface area contributed by atoms with E-state index in [0.29, 0.717) is 12.6 Å². The number of carbonyl (C=O) groups is 1. The maximum Gasteiger partial charge on any atom is 0.239 e. The lowest BCUT2D eigenvalue weighted by molar-refractivity contribution is -0.127. The van der Waals surface area contributed by atoms with Gasteiger partial charge in [-0.25, -0.2) is 0 Å². The van der Waals surface area contributed by atoms with Gasteiger partial charge in [-0.3, -0.25) is 9.69 Å². The van der Waals surface area contributed by atoms with Gasteiger partial charge in [0.1, 0.15) is 0 Å². The number of ether oxygens (including phenoxy) is 1. The lowest BCUT2D eigenvalue weighted by Crippen LogP contribution is -2.55. The summed E-state index contributed by atoms with van der Waals surface area (Å²) in [4.78, 5) is 14.4. The zero-order valence-corrected chi connectivity index (χ0v) is 11.7. The molecule has 0 radical (unpaired) electrons. The zero-order valence-electron chi connectivity index (χ0n) is 11.7. The molecule has 5 nitrogen and oxygen atoms in total. The summed E-state index contributed by atoms with van der Waals surface area (Å²) in [5, 5.41) is 5.97. The molecular formula is C13H25N3O2. The van der Waals surface area contributed by atoms with Crippen molar-refractivity contribution in [1.29, 1.82) is 0 Å². The summed E-state index contributed by atoms with van der Waals surface area (Å²) in [5.41, 5.74) is -0.523. The third-order valence-electron chi connectivity index (χ3n) is 4.14. The number of fused-ring (bicyclic) bond motifs is 1. The standard InChI is InChI=1S/C13H25N3O2/c1-13(2,14-3)12(17)15-7-11-8-16-6-4-5-10(16)9-18-11/h10-11,14H,4-9H2,1-3H3,(H,15,17). The van der Waals surface area contributed by atoms with Crippen molar-refractivity contribution in [3.8, 4) is 0 Å². The topological polar surface area (TPSA) is 53.6 Å². The van der Waals surface area contributed by atoms with Crippen LogP contribution in [0.4, 0.5) is 0 Å². The average molecular weight is 255 g/mol. The van der Waals surface area contributed by atoms with Crippen molar-refractivity contribution >= 4 is 5.91 Å². The van der Waals surface area contributed by atoms with Crippen LogP contribution in [0.15, 0.2) is 0 Å². The van der Waals surface area contributed by atoms with E-state index in [9.17, 15) is 4.79 Å². The molecule has 104 valence electrons. The predicted octanol–water partition coefficient (Wildman–Crippen LogP) is -0.0362. The second-order valence-corrected chi connectivity index (χ2v) is 5.83. The van der Waals surface area contributed by atoms with Gasteiger partial charge in [-0.2, -0.15) is 0 Å². The minimum absolute atomic E-state index is 0.0251. The summed E-state index contributed by atoms with van der Waals surface area (Å²) in [7, 11) is 1.80.